The molecule has 0 fully saturated rings. The Hall–Kier alpha value is -3.35. The van der Waals surface area contributed by atoms with E-state index in [1.165, 1.54) is 0 Å². The van der Waals surface area contributed by atoms with Gasteiger partial charge in [0.1, 0.15) is 11.5 Å². The second-order valence-electron chi connectivity index (χ2n) is 6.04. The third-order valence-electron chi connectivity index (χ3n) is 3.49. The van der Waals surface area contributed by atoms with Gasteiger partial charge in [-0.1, -0.05) is 12.1 Å². The Morgan fingerprint density at radius 3 is 2.52 bits per heavy atom. The molecule has 0 amide bonds. The molecule has 2 aromatic carbocycles. The van der Waals surface area contributed by atoms with Crippen molar-refractivity contribution >= 4 is 23.1 Å². The van der Waals surface area contributed by atoms with E-state index in [0.717, 1.165) is 22.9 Å². The molecule has 0 bridgehead atoms. The van der Waals surface area contributed by atoms with E-state index in [4.69, 9.17) is 9.47 Å². The van der Waals surface area contributed by atoms with Crippen molar-refractivity contribution in [1.29, 1.82) is 0 Å². The number of hydrogen-bond donors (Lipinski definition) is 2. The molecule has 0 saturated carbocycles. The summed E-state index contributed by atoms with van der Waals surface area (Å²) in [5.74, 6) is 2.54. The summed E-state index contributed by atoms with van der Waals surface area (Å²) < 4.78 is 11.3. The lowest BCUT2D eigenvalue weighted by Crippen LogP contribution is -2.08. The standard InChI is InChI=1S/C20H23N5O2/c1-4-26-16-11-9-15(10-12-16)22-20-24-19(13-21-25-20)23-17-7-5-6-8-18(17)27-14(2)3/h5-14H,4H2,1-3H3,(H2,22,23,24,25). The largest absolute Gasteiger partial charge is 0.494 e. The van der Waals surface area contributed by atoms with E-state index in [9.17, 15) is 0 Å². The Labute approximate surface area is 158 Å². The van der Waals surface area contributed by atoms with Crippen LogP contribution in [0.4, 0.5) is 23.1 Å². The van der Waals surface area contributed by atoms with Crippen molar-refractivity contribution in [2.75, 3.05) is 17.2 Å². The fourth-order valence-electron chi connectivity index (χ4n) is 2.41. The zero-order valence-corrected chi connectivity index (χ0v) is 15.6. The van der Waals surface area contributed by atoms with Crippen LogP contribution in [0.5, 0.6) is 11.5 Å². The predicted molar refractivity (Wildman–Crippen MR) is 106 cm³/mol. The highest BCUT2D eigenvalue weighted by Crippen LogP contribution is 2.27. The van der Waals surface area contributed by atoms with Gasteiger partial charge in [-0.05, 0) is 57.2 Å². The number of hydrogen-bond acceptors (Lipinski definition) is 7. The minimum atomic E-state index is 0.0772. The van der Waals surface area contributed by atoms with Crippen LogP contribution in [-0.2, 0) is 0 Å². The third kappa shape index (κ3) is 5.31. The minimum absolute atomic E-state index is 0.0772. The van der Waals surface area contributed by atoms with Crippen molar-refractivity contribution in [2.24, 2.45) is 0 Å². The van der Waals surface area contributed by atoms with Gasteiger partial charge in [0.15, 0.2) is 5.82 Å². The summed E-state index contributed by atoms with van der Waals surface area (Å²) >= 11 is 0. The Morgan fingerprint density at radius 1 is 1.00 bits per heavy atom. The third-order valence-corrected chi connectivity index (χ3v) is 3.49. The van der Waals surface area contributed by atoms with E-state index in [1.54, 1.807) is 6.20 Å². The van der Waals surface area contributed by atoms with Gasteiger partial charge in [-0.15, -0.1) is 5.10 Å². The zero-order valence-electron chi connectivity index (χ0n) is 15.6. The van der Waals surface area contributed by atoms with Gasteiger partial charge in [0, 0.05) is 5.69 Å². The summed E-state index contributed by atoms with van der Waals surface area (Å²) in [6, 6.07) is 15.3. The fourth-order valence-corrected chi connectivity index (χ4v) is 2.41. The Kier molecular flexibility index (Phi) is 6.04. The second kappa shape index (κ2) is 8.84. The molecule has 7 heteroatoms. The molecule has 0 atom stereocenters. The van der Waals surface area contributed by atoms with Gasteiger partial charge in [0.2, 0.25) is 5.95 Å². The molecule has 0 aliphatic heterocycles. The first-order valence-corrected chi connectivity index (χ1v) is 8.86. The molecule has 3 rings (SSSR count). The molecule has 0 unspecified atom stereocenters. The maximum absolute atomic E-state index is 5.82. The number of nitrogens with zero attached hydrogens (tertiary/aromatic N) is 3. The van der Waals surface area contributed by atoms with Crippen LogP contribution in [0.2, 0.25) is 0 Å². The summed E-state index contributed by atoms with van der Waals surface area (Å²) in [7, 11) is 0. The normalized spacial score (nSPS) is 10.5. The van der Waals surface area contributed by atoms with Crippen LogP contribution in [0.25, 0.3) is 0 Å². The molecule has 1 aromatic heterocycles. The molecular weight excluding hydrogens is 342 g/mol. The second-order valence-corrected chi connectivity index (χ2v) is 6.04. The highest BCUT2D eigenvalue weighted by atomic mass is 16.5. The van der Waals surface area contributed by atoms with Gasteiger partial charge in [0.25, 0.3) is 0 Å². The average Bonchev–Trinajstić information content (AvgIpc) is 2.65. The van der Waals surface area contributed by atoms with Gasteiger partial charge in [-0.3, -0.25) is 0 Å². The van der Waals surface area contributed by atoms with E-state index >= 15 is 0 Å². The highest BCUT2D eigenvalue weighted by Gasteiger charge is 2.07. The van der Waals surface area contributed by atoms with Crippen molar-refractivity contribution in [3.05, 3.63) is 54.7 Å². The van der Waals surface area contributed by atoms with Crippen molar-refractivity contribution in [1.82, 2.24) is 15.2 Å². The summed E-state index contributed by atoms with van der Waals surface area (Å²) in [5.41, 5.74) is 1.67. The molecule has 0 spiro atoms. The number of benzene rings is 2. The van der Waals surface area contributed by atoms with Crippen molar-refractivity contribution in [3.8, 4) is 11.5 Å². The van der Waals surface area contributed by atoms with Crippen LogP contribution < -0.4 is 20.1 Å². The van der Waals surface area contributed by atoms with E-state index in [2.05, 4.69) is 25.8 Å². The van der Waals surface area contributed by atoms with Crippen molar-refractivity contribution < 1.29 is 9.47 Å². The Balaban J connectivity index is 1.72. The lowest BCUT2D eigenvalue weighted by Gasteiger charge is -2.15. The molecule has 2 N–H and O–H groups in total. The number of nitrogens with one attached hydrogen (secondary N) is 2. The quantitative estimate of drug-likeness (QED) is 0.606. The highest BCUT2D eigenvalue weighted by molar-refractivity contribution is 5.64. The molecule has 0 aliphatic rings. The van der Waals surface area contributed by atoms with Crippen molar-refractivity contribution in [2.45, 2.75) is 26.9 Å². The maximum Gasteiger partial charge on any atom is 0.249 e. The van der Waals surface area contributed by atoms with E-state index < -0.39 is 0 Å². The molecule has 140 valence electrons. The topological polar surface area (TPSA) is 81.2 Å². The molecule has 1 heterocycles. The molecule has 27 heavy (non-hydrogen) atoms. The summed E-state index contributed by atoms with van der Waals surface area (Å²) in [5, 5.41) is 14.4. The minimum Gasteiger partial charge on any atom is -0.494 e. The smallest absolute Gasteiger partial charge is 0.249 e. The maximum atomic E-state index is 5.82. The number of anilines is 4. The van der Waals surface area contributed by atoms with E-state index in [-0.39, 0.29) is 6.10 Å². The molecule has 0 saturated heterocycles. The van der Waals surface area contributed by atoms with Crippen LogP contribution in [-0.4, -0.2) is 27.9 Å². The van der Waals surface area contributed by atoms with Gasteiger partial charge in [-0.25, -0.2) is 0 Å². The first-order chi connectivity index (χ1) is 13.1. The lowest BCUT2D eigenvalue weighted by atomic mass is 10.3. The van der Waals surface area contributed by atoms with Gasteiger partial charge >= 0.3 is 0 Å². The van der Waals surface area contributed by atoms with Crippen LogP contribution in [0.3, 0.4) is 0 Å². The summed E-state index contributed by atoms with van der Waals surface area (Å²) in [6.07, 6.45) is 1.64. The fraction of sp³-hybridized carbons (Fsp3) is 0.250. The Bertz CT molecular complexity index is 868. The monoisotopic (exact) mass is 365 g/mol. The lowest BCUT2D eigenvalue weighted by molar-refractivity contribution is 0.244. The number of aromatic nitrogens is 3. The molecule has 3 aromatic rings. The first-order valence-electron chi connectivity index (χ1n) is 8.86. The van der Waals surface area contributed by atoms with E-state index in [0.29, 0.717) is 18.4 Å². The summed E-state index contributed by atoms with van der Waals surface area (Å²) in [4.78, 5) is 4.46. The van der Waals surface area contributed by atoms with Crippen LogP contribution in [0.1, 0.15) is 20.8 Å². The van der Waals surface area contributed by atoms with Gasteiger partial charge < -0.3 is 20.1 Å². The van der Waals surface area contributed by atoms with Crippen LogP contribution >= 0.6 is 0 Å². The van der Waals surface area contributed by atoms with Crippen molar-refractivity contribution in [3.63, 3.8) is 0 Å². The number of rotatable bonds is 8. The molecule has 0 aliphatic carbocycles. The summed E-state index contributed by atoms with van der Waals surface area (Å²) in [6.45, 7) is 6.56. The van der Waals surface area contributed by atoms with Crippen LogP contribution in [0, 0.1) is 0 Å². The molecule has 0 radical (unpaired) electrons. The predicted octanol–water partition coefficient (Wildman–Crippen LogP) is 4.54. The number of para-hydroxylation sites is 2. The number of ether oxygens (including phenoxy) is 2. The van der Waals surface area contributed by atoms with Crippen LogP contribution in [0.15, 0.2) is 54.7 Å². The Morgan fingerprint density at radius 2 is 1.78 bits per heavy atom. The molecule has 7 nitrogen and oxygen atoms in total. The average molecular weight is 365 g/mol. The van der Waals surface area contributed by atoms with Gasteiger partial charge in [0.05, 0.1) is 24.6 Å². The molecular formula is C20H23N5O2. The van der Waals surface area contributed by atoms with Gasteiger partial charge in [-0.2, -0.15) is 10.1 Å². The van der Waals surface area contributed by atoms with E-state index in [1.807, 2.05) is 69.3 Å². The first kappa shape index (κ1) is 18.4. The SMILES string of the molecule is CCOc1ccc(Nc2nncc(Nc3ccccc3OC(C)C)n2)cc1. The zero-order chi connectivity index (χ0) is 19.1.